The standard InChI is InChI=1S/C20H24FN3O2S/c1-13(26-15-11-9-14(10-12-15)20(2,3)4)18(25)23-24-19(27)22-17-8-6-5-7-16(17)21/h5-13H,1-4H3,(H,23,25)(H2,22,24,27)/t13-/m1/s1. The lowest BCUT2D eigenvalue weighted by atomic mass is 9.87. The maximum absolute atomic E-state index is 13.6. The molecule has 0 aliphatic rings. The number of amides is 1. The Bertz CT molecular complexity index is 804. The second-order valence-electron chi connectivity index (χ2n) is 7.08. The molecular formula is C20H24FN3O2S. The summed E-state index contributed by atoms with van der Waals surface area (Å²) < 4.78 is 19.2. The molecule has 0 spiro atoms. The van der Waals surface area contributed by atoms with Crippen LogP contribution < -0.4 is 20.9 Å². The largest absolute Gasteiger partial charge is 0.481 e. The van der Waals surface area contributed by atoms with Crippen molar-refractivity contribution in [3.63, 3.8) is 0 Å². The van der Waals surface area contributed by atoms with Crippen molar-refractivity contribution < 1.29 is 13.9 Å². The highest BCUT2D eigenvalue weighted by Gasteiger charge is 2.17. The average Bonchev–Trinajstić information content (AvgIpc) is 2.61. The number of anilines is 1. The topological polar surface area (TPSA) is 62.4 Å². The van der Waals surface area contributed by atoms with E-state index in [0.29, 0.717) is 5.75 Å². The van der Waals surface area contributed by atoms with E-state index in [1.807, 2.05) is 24.3 Å². The Labute approximate surface area is 164 Å². The smallest absolute Gasteiger partial charge is 0.279 e. The predicted molar refractivity (Wildman–Crippen MR) is 109 cm³/mol. The highest BCUT2D eigenvalue weighted by molar-refractivity contribution is 7.80. The summed E-state index contributed by atoms with van der Waals surface area (Å²) in [7, 11) is 0. The van der Waals surface area contributed by atoms with Gasteiger partial charge in [0.25, 0.3) is 5.91 Å². The van der Waals surface area contributed by atoms with Crippen LogP contribution in [0.5, 0.6) is 5.75 Å². The summed E-state index contributed by atoms with van der Waals surface area (Å²) in [4.78, 5) is 12.1. The van der Waals surface area contributed by atoms with Crippen molar-refractivity contribution in [2.75, 3.05) is 5.32 Å². The van der Waals surface area contributed by atoms with E-state index in [9.17, 15) is 9.18 Å². The Morgan fingerprint density at radius 1 is 1.07 bits per heavy atom. The van der Waals surface area contributed by atoms with Crippen molar-refractivity contribution in [3.8, 4) is 5.75 Å². The van der Waals surface area contributed by atoms with Crippen molar-refractivity contribution >= 4 is 28.9 Å². The lowest BCUT2D eigenvalue weighted by Gasteiger charge is -2.20. The number of ether oxygens (including phenoxy) is 1. The van der Waals surface area contributed by atoms with Crippen LogP contribution in [0.15, 0.2) is 48.5 Å². The summed E-state index contributed by atoms with van der Waals surface area (Å²) in [6, 6.07) is 13.7. The Kier molecular flexibility index (Phi) is 6.74. The molecule has 27 heavy (non-hydrogen) atoms. The monoisotopic (exact) mass is 389 g/mol. The van der Waals surface area contributed by atoms with E-state index in [-0.39, 0.29) is 16.2 Å². The molecule has 0 saturated carbocycles. The van der Waals surface area contributed by atoms with E-state index in [1.165, 1.54) is 17.7 Å². The quantitative estimate of drug-likeness (QED) is 0.547. The molecule has 5 nitrogen and oxygen atoms in total. The van der Waals surface area contributed by atoms with E-state index in [1.54, 1.807) is 19.1 Å². The number of hydrogen-bond acceptors (Lipinski definition) is 3. The molecule has 0 saturated heterocycles. The van der Waals surface area contributed by atoms with Crippen molar-refractivity contribution in [1.82, 2.24) is 10.9 Å². The highest BCUT2D eigenvalue weighted by atomic mass is 32.1. The van der Waals surface area contributed by atoms with Crippen LogP contribution in [0.25, 0.3) is 0 Å². The van der Waals surface area contributed by atoms with Crippen LogP contribution >= 0.6 is 12.2 Å². The van der Waals surface area contributed by atoms with Crippen LogP contribution in [-0.4, -0.2) is 17.1 Å². The SMILES string of the molecule is C[C@@H](Oc1ccc(C(C)(C)C)cc1)C(=O)NNC(=S)Nc1ccccc1F. The molecule has 0 unspecified atom stereocenters. The van der Waals surface area contributed by atoms with Crippen molar-refractivity contribution in [1.29, 1.82) is 0 Å². The number of carbonyl (C=O) groups is 1. The number of nitrogens with one attached hydrogen (secondary N) is 3. The second-order valence-corrected chi connectivity index (χ2v) is 7.49. The Balaban J connectivity index is 1.83. The molecule has 7 heteroatoms. The molecule has 2 aromatic rings. The van der Waals surface area contributed by atoms with Gasteiger partial charge in [-0.05, 0) is 54.4 Å². The van der Waals surface area contributed by atoms with Crippen molar-refractivity contribution in [2.24, 2.45) is 0 Å². The molecule has 0 radical (unpaired) electrons. The first-order valence-corrected chi connectivity index (χ1v) is 8.96. The maximum atomic E-state index is 13.6. The van der Waals surface area contributed by atoms with Gasteiger partial charge in [-0.25, -0.2) is 4.39 Å². The first-order chi connectivity index (χ1) is 12.7. The Morgan fingerprint density at radius 2 is 1.70 bits per heavy atom. The molecule has 2 aromatic carbocycles. The molecular weight excluding hydrogens is 365 g/mol. The maximum Gasteiger partial charge on any atom is 0.279 e. The van der Waals surface area contributed by atoms with Crippen LogP contribution in [0, 0.1) is 5.82 Å². The number of benzene rings is 2. The highest BCUT2D eigenvalue weighted by Crippen LogP contribution is 2.24. The lowest BCUT2D eigenvalue weighted by molar-refractivity contribution is -0.127. The summed E-state index contributed by atoms with van der Waals surface area (Å²) in [6.45, 7) is 8.01. The van der Waals surface area contributed by atoms with Gasteiger partial charge in [-0.15, -0.1) is 0 Å². The van der Waals surface area contributed by atoms with Crippen LogP contribution in [0.4, 0.5) is 10.1 Å². The number of hydrogen-bond donors (Lipinski definition) is 3. The van der Waals surface area contributed by atoms with Crippen LogP contribution in [-0.2, 0) is 10.2 Å². The molecule has 1 amide bonds. The number of para-hydroxylation sites is 1. The summed E-state index contributed by atoms with van der Waals surface area (Å²) in [5.41, 5.74) is 6.41. The van der Waals surface area contributed by atoms with Gasteiger partial charge in [0, 0.05) is 0 Å². The van der Waals surface area contributed by atoms with Crippen LogP contribution in [0.1, 0.15) is 33.3 Å². The zero-order valence-electron chi connectivity index (χ0n) is 15.8. The minimum absolute atomic E-state index is 0.0480. The van der Waals surface area contributed by atoms with Gasteiger partial charge in [-0.3, -0.25) is 15.6 Å². The zero-order chi connectivity index (χ0) is 20.0. The first kappa shape index (κ1) is 20.6. The van der Waals surface area contributed by atoms with Gasteiger partial charge >= 0.3 is 0 Å². The van der Waals surface area contributed by atoms with Crippen molar-refractivity contribution in [2.45, 2.75) is 39.2 Å². The van der Waals surface area contributed by atoms with E-state index in [2.05, 4.69) is 36.9 Å². The molecule has 0 bridgehead atoms. The van der Waals surface area contributed by atoms with Gasteiger partial charge in [0.1, 0.15) is 11.6 Å². The molecule has 1 atom stereocenters. The number of carbonyl (C=O) groups excluding carboxylic acids is 1. The van der Waals surface area contributed by atoms with Gasteiger partial charge in [0.15, 0.2) is 11.2 Å². The minimum atomic E-state index is -0.741. The molecule has 0 aliphatic carbocycles. The summed E-state index contributed by atoms with van der Waals surface area (Å²) in [6.07, 6.45) is -0.741. The number of hydrazine groups is 1. The zero-order valence-corrected chi connectivity index (χ0v) is 16.6. The van der Waals surface area contributed by atoms with E-state index in [4.69, 9.17) is 17.0 Å². The van der Waals surface area contributed by atoms with Crippen LogP contribution in [0.2, 0.25) is 0 Å². The van der Waals surface area contributed by atoms with Crippen molar-refractivity contribution in [3.05, 3.63) is 59.9 Å². The third kappa shape index (κ3) is 6.21. The van der Waals surface area contributed by atoms with Gasteiger partial charge in [0.2, 0.25) is 0 Å². The fourth-order valence-corrected chi connectivity index (χ4v) is 2.39. The van der Waals surface area contributed by atoms with Gasteiger partial charge in [-0.2, -0.15) is 0 Å². The van der Waals surface area contributed by atoms with E-state index >= 15 is 0 Å². The third-order valence-corrected chi connectivity index (χ3v) is 4.03. The van der Waals surface area contributed by atoms with Gasteiger partial charge < -0.3 is 10.1 Å². The summed E-state index contributed by atoms with van der Waals surface area (Å²) in [5.74, 6) is -0.256. The molecule has 0 fully saturated rings. The van der Waals surface area contributed by atoms with E-state index < -0.39 is 17.8 Å². The lowest BCUT2D eigenvalue weighted by Crippen LogP contribution is -2.48. The molecule has 0 aromatic heterocycles. The Hall–Kier alpha value is -2.67. The number of halogens is 1. The molecule has 144 valence electrons. The first-order valence-electron chi connectivity index (χ1n) is 8.55. The second kappa shape index (κ2) is 8.81. The van der Waals surface area contributed by atoms with Gasteiger partial charge in [-0.1, -0.05) is 45.0 Å². The summed E-state index contributed by atoms with van der Waals surface area (Å²) in [5, 5.41) is 2.73. The number of rotatable bonds is 4. The van der Waals surface area contributed by atoms with Crippen LogP contribution in [0.3, 0.4) is 0 Å². The van der Waals surface area contributed by atoms with E-state index in [0.717, 1.165) is 0 Å². The predicted octanol–water partition coefficient (Wildman–Crippen LogP) is 3.91. The minimum Gasteiger partial charge on any atom is -0.481 e. The molecule has 0 heterocycles. The average molecular weight is 389 g/mol. The normalized spacial score (nSPS) is 12.0. The molecule has 3 N–H and O–H groups in total. The number of thiocarbonyl (C=S) groups is 1. The fourth-order valence-electron chi connectivity index (χ4n) is 2.23. The molecule has 0 aliphatic heterocycles. The fraction of sp³-hybridized carbons (Fsp3) is 0.300. The Morgan fingerprint density at radius 3 is 2.30 bits per heavy atom. The van der Waals surface area contributed by atoms with Gasteiger partial charge in [0.05, 0.1) is 5.69 Å². The summed E-state index contributed by atoms with van der Waals surface area (Å²) >= 11 is 5.04. The molecule has 2 rings (SSSR count). The third-order valence-electron chi connectivity index (χ3n) is 3.82.